The number of benzene rings is 1. The lowest BCUT2D eigenvalue weighted by Gasteiger charge is -2.07. The van der Waals surface area contributed by atoms with Crippen molar-refractivity contribution in [3.63, 3.8) is 0 Å². The van der Waals surface area contributed by atoms with Gasteiger partial charge in [0.2, 0.25) is 0 Å². The van der Waals surface area contributed by atoms with E-state index in [1.807, 2.05) is 6.07 Å². The average Bonchev–Trinajstić information content (AvgIpc) is 2.99. The minimum atomic E-state index is 0.615. The molecule has 0 atom stereocenters. The second-order valence-corrected chi connectivity index (χ2v) is 4.32. The first-order valence-corrected chi connectivity index (χ1v) is 5.33. The quantitative estimate of drug-likeness (QED) is 0.809. The van der Waals surface area contributed by atoms with Crippen LogP contribution in [0.4, 0.5) is 0 Å². The van der Waals surface area contributed by atoms with Gasteiger partial charge < -0.3 is 4.74 Å². The first kappa shape index (κ1) is 9.54. The molecule has 1 saturated carbocycles. The van der Waals surface area contributed by atoms with Crippen LogP contribution in [0.1, 0.15) is 29.9 Å². The number of nitrogens with zero attached hydrogens (tertiary/aromatic N) is 1. The summed E-state index contributed by atoms with van der Waals surface area (Å²) in [6.45, 7) is 0. The summed E-state index contributed by atoms with van der Waals surface area (Å²) in [6.07, 6.45) is 2.48. The largest absolute Gasteiger partial charge is 0.494 e. The topological polar surface area (TPSA) is 33.0 Å². The predicted molar refractivity (Wildman–Crippen MR) is 57.4 cm³/mol. The van der Waals surface area contributed by atoms with Crippen molar-refractivity contribution in [1.82, 2.24) is 0 Å². The van der Waals surface area contributed by atoms with Crippen LogP contribution in [-0.2, 0) is 0 Å². The van der Waals surface area contributed by atoms with Gasteiger partial charge in [0.05, 0.1) is 17.1 Å². The van der Waals surface area contributed by atoms with E-state index in [4.69, 9.17) is 10.00 Å². The van der Waals surface area contributed by atoms with Crippen LogP contribution in [0.15, 0.2) is 16.6 Å². The molecular weight excluding hydrogens is 242 g/mol. The monoisotopic (exact) mass is 251 g/mol. The van der Waals surface area contributed by atoms with Gasteiger partial charge in [-0.25, -0.2) is 0 Å². The van der Waals surface area contributed by atoms with Crippen LogP contribution in [0.3, 0.4) is 0 Å². The van der Waals surface area contributed by atoms with Crippen LogP contribution >= 0.6 is 15.9 Å². The van der Waals surface area contributed by atoms with Crippen LogP contribution in [0.2, 0.25) is 0 Å². The Morgan fingerprint density at radius 3 is 2.71 bits per heavy atom. The molecule has 2 rings (SSSR count). The van der Waals surface area contributed by atoms with E-state index in [0.717, 1.165) is 4.47 Å². The molecule has 1 aliphatic rings. The zero-order chi connectivity index (χ0) is 10.1. The Bertz CT molecular complexity index is 404. The maximum Gasteiger partial charge on any atom is 0.150 e. The van der Waals surface area contributed by atoms with E-state index in [1.165, 1.54) is 18.4 Å². The molecule has 72 valence electrons. The van der Waals surface area contributed by atoms with Crippen LogP contribution in [-0.4, -0.2) is 7.11 Å². The molecule has 1 fully saturated rings. The lowest BCUT2D eigenvalue weighted by molar-refractivity contribution is 0.410. The summed E-state index contributed by atoms with van der Waals surface area (Å²) in [5.41, 5.74) is 1.86. The molecule has 14 heavy (non-hydrogen) atoms. The molecule has 0 aromatic heterocycles. The van der Waals surface area contributed by atoms with Crippen molar-refractivity contribution in [3.8, 4) is 11.8 Å². The normalized spacial score (nSPS) is 14.9. The molecule has 1 aromatic carbocycles. The second-order valence-electron chi connectivity index (χ2n) is 3.47. The molecule has 0 aliphatic heterocycles. The summed E-state index contributed by atoms with van der Waals surface area (Å²) in [4.78, 5) is 0. The minimum Gasteiger partial charge on any atom is -0.494 e. The van der Waals surface area contributed by atoms with Gasteiger partial charge in [-0.1, -0.05) is 0 Å². The Hall–Kier alpha value is -1.01. The van der Waals surface area contributed by atoms with Gasteiger partial charge in [0, 0.05) is 0 Å². The zero-order valence-electron chi connectivity index (χ0n) is 7.88. The maximum absolute atomic E-state index is 8.95. The van der Waals surface area contributed by atoms with Gasteiger partial charge in [-0.05, 0) is 52.4 Å². The molecule has 3 heteroatoms. The Morgan fingerprint density at radius 2 is 2.21 bits per heavy atom. The van der Waals surface area contributed by atoms with Crippen molar-refractivity contribution in [1.29, 1.82) is 5.26 Å². The number of hydrogen-bond donors (Lipinski definition) is 0. The molecule has 0 saturated heterocycles. The highest BCUT2D eigenvalue weighted by molar-refractivity contribution is 9.10. The lowest BCUT2D eigenvalue weighted by atomic mass is 10.1. The summed E-state index contributed by atoms with van der Waals surface area (Å²) in [5, 5.41) is 8.95. The molecule has 0 N–H and O–H groups in total. The fourth-order valence-electron chi connectivity index (χ4n) is 1.56. The fraction of sp³-hybridized carbons (Fsp3) is 0.364. The van der Waals surface area contributed by atoms with E-state index in [0.29, 0.717) is 17.2 Å². The predicted octanol–water partition coefficient (Wildman–Crippen LogP) is 3.21. The third kappa shape index (κ3) is 1.62. The van der Waals surface area contributed by atoms with E-state index >= 15 is 0 Å². The number of hydrogen-bond acceptors (Lipinski definition) is 2. The molecule has 0 unspecified atom stereocenters. The number of rotatable bonds is 2. The SMILES string of the molecule is COc1c(Br)cc(C2CC2)cc1C#N. The van der Waals surface area contributed by atoms with Crippen LogP contribution in [0, 0.1) is 11.3 Å². The molecule has 0 radical (unpaired) electrons. The fourth-order valence-corrected chi connectivity index (χ4v) is 2.20. The number of ether oxygens (including phenoxy) is 1. The van der Waals surface area contributed by atoms with Crippen molar-refractivity contribution in [3.05, 3.63) is 27.7 Å². The van der Waals surface area contributed by atoms with Crippen molar-refractivity contribution >= 4 is 15.9 Å². The highest BCUT2D eigenvalue weighted by atomic mass is 79.9. The second kappa shape index (κ2) is 3.62. The third-order valence-electron chi connectivity index (χ3n) is 2.44. The van der Waals surface area contributed by atoms with Crippen LogP contribution < -0.4 is 4.74 Å². The molecule has 0 spiro atoms. The molecular formula is C11H10BrNO. The Balaban J connectivity index is 2.50. The van der Waals surface area contributed by atoms with Gasteiger partial charge in [0.15, 0.2) is 5.75 Å². The van der Waals surface area contributed by atoms with E-state index in [-0.39, 0.29) is 0 Å². The highest BCUT2D eigenvalue weighted by Crippen LogP contribution is 2.43. The van der Waals surface area contributed by atoms with Crippen molar-refractivity contribution in [2.24, 2.45) is 0 Å². The Kier molecular flexibility index (Phi) is 2.47. The molecule has 1 aliphatic carbocycles. The summed E-state index contributed by atoms with van der Waals surface area (Å²) in [7, 11) is 1.58. The van der Waals surface area contributed by atoms with Crippen molar-refractivity contribution in [2.45, 2.75) is 18.8 Å². The van der Waals surface area contributed by atoms with Gasteiger partial charge in [0.25, 0.3) is 0 Å². The van der Waals surface area contributed by atoms with Crippen LogP contribution in [0.25, 0.3) is 0 Å². The zero-order valence-corrected chi connectivity index (χ0v) is 9.47. The van der Waals surface area contributed by atoms with E-state index in [9.17, 15) is 0 Å². The maximum atomic E-state index is 8.95. The Labute approximate surface area is 91.6 Å². The molecule has 0 amide bonds. The minimum absolute atomic E-state index is 0.615. The van der Waals surface area contributed by atoms with Crippen molar-refractivity contribution in [2.75, 3.05) is 7.11 Å². The van der Waals surface area contributed by atoms with Gasteiger partial charge in [-0.15, -0.1) is 0 Å². The van der Waals surface area contributed by atoms with E-state index in [2.05, 4.69) is 28.1 Å². The molecule has 2 nitrogen and oxygen atoms in total. The highest BCUT2D eigenvalue weighted by Gasteiger charge is 2.25. The van der Waals surface area contributed by atoms with Gasteiger partial charge >= 0.3 is 0 Å². The molecule has 1 aromatic rings. The summed E-state index contributed by atoms with van der Waals surface area (Å²) >= 11 is 3.42. The lowest BCUT2D eigenvalue weighted by Crippen LogP contribution is -1.91. The first-order valence-electron chi connectivity index (χ1n) is 4.53. The number of nitriles is 1. The summed E-state index contributed by atoms with van der Waals surface area (Å²) < 4.78 is 6.03. The third-order valence-corrected chi connectivity index (χ3v) is 3.03. The summed E-state index contributed by atoms with van der Waals surface area (Å²) in [6, 6.07) is 6.14. The van der Waals surface area contributed by atoms with Gasteiger partial charge in [0.1, 0.15) is 6.07 Å². The smallest absolute Gasteiger partial charge is 0.150 e. The van der Waals surface area contributed by atoms with E-state index < -0.39 is 0 Å². The standard InChI is InChI=1S/C11H10BrNO/c1-14-11-9(6-13)4-8(5-10(11)12)7-2-3-7/h4-5,7H,2-3H2,1H3. The van der Waals surface area contributed by atoms with E-state index in [1.54, 1.807) is 7.11 Å². The van der Waals surface area contributed by atoms with Gasteiger partial charge in [-0.3, -0.25) is 0 Å². The first-order chi connectivity index (χ1) is 6.76. The molecule has 0 bridgehead atoms. The van der Waals surface area contributed by atoms with Gasteiger partial charge in [-0.2, -0.15) is 5.26 Å². The molecule has 0 heterocycles. The number of methoxy groups -OCH3 is 1. The average molecular weight is 252 g/mol. The van der Waals surface area contributed by atoms with Crippen LogP contribution in [0.5, 0.6) is 5.75 Å². The number of halogens is 1. The Morgan fingerprint density at radius 1 is 1.50 bits per heavy atom. The van der Waals surface area contributed by atoms with Crippen molar-refractivity contribution < 1.29 is 4.74 Å². The summed E-state index contributed by atoms with van der Waals surface area (Å²) in [5.74, 6) is 1.29.